The van der Waals surface area contributed by atoms with Crippen LogP contribution in [0, 0.1) is 0 Å². The van der Waals surface area contributed by atoms with Crippen molar-refractivity contribution in [3.8, 4) is 0 Å². The topological polar surface area (TPSA) is 143 Å². The van der Waals surface area contributed by atoms with Crippen molar-refractivity contribution in [3.63, 3.8) is 0 Å². The van der Waals surface area contributed by atoms with E-state index >= 15 is 0 Å². The van der Waals surface area contributed by atoms with E-state index in [1.54, 1.807) is 0 Å². The third-order valence-corrected chi connectivity index (χ3v) is 4.29. The number of carboxylic acid groups (broad SMARTS) is 2. The Morgan fingerprint density at radius 1 is 1.28 bits per heavy atom. The maximum Gasteiger partial charge on any atom is 0.290 e. The van der Waals surface area contributed by atoms with E-state index in [4.69, 9.17) is 19.8 Å². The van der Waals surface area contributed by atoms with E-state index in [9.17, 15) is 4.79 Å². The van der Waals surface area contributed by atoms with Gasteiger partial charge in [0.05, 0.1) is 24.5 Å². The summed E-state index contributed by atoms with van der Waals surface area (Å²) >= 11 is 0. The third-order valence-electron chi connectivity index (χ3n) is 4.29. The maximum absolute atomic E-state index is 11.3. The molecule has 11 nitrogen and oxygen atoms in total. The first-order chi connectivity index (χ1) is 14.0. The molecule has 0 bridgehead atoms. The van der Waals surface area contributed by atoms with Crippen LogP contribution in [-0.4, -0.2) is 66.4 Å². The molecule has 0 fully saturated rings. The van der Waals surface area contributed by atoms with Crippen LogP contribution >= 0.6 is 0 Å². The van der Waals surface area contributed by atoms with Gasteiger partial charge < -0.3 is 20.1 Å². The number of aromatic nitrogens is 4. The van der Waals surface area contributed by atoms with Gasteiger partial charge in [0.1, 0.15) is 5.82 Å². The van der Waals surface area contributed by atoms with Crippen LogP contribution in [0.4, 0.5) is 0 Å². The van der Waals surface area contributed by atoms with Crippen LogP contribution in [0.2, 0.25) is 0 Å². The number of fused-ring (bicyclic) bond motifs is 1. The number of rotatable bonds is 6. The molecule has 1 aliphatic heterocycles. The molecule has 0 atom stereocenters. The van der Waals surface area contributed by atoms with Crippen molar-refractivity contribution in [3.05, 3.63) is 35.7 Å². The van der Waals surface area contributed by atoms with Crippen LogP contribution in [0.5, 0.6) is 0 Å². The number of hydrogen-bond acceptors (Lipinski definition) is 6. The molecule has 0 saturated carbocycles. The molecule has 11 heteroatoms. The number of carbonyl (C=O) groups is 3. The van der Waals surface area contributed by atoms with Crippen molar-refractivity contribution >= 4 is 18.9 Å². The SMILES string of the molecule is CCC(=O)NCc1cc2n(n1)CCN(CCc1nccn1C)C2.O=CO.O=CO. The minimum atomic E-state index is -0.250. The number of hydrogen-bond donors (Lipinski definition) is 3. The minimum Gasteiger partial charge on any atom is -0.483 e. The highest BCUT2D eigenvalue weighted by atomic mass is 16.3. The number of aryl methyl sites for hydroxylation is 1. The summed E-state index contributed by atoms with van der Waals surface area (Å²) in [6.45, 7) is 5.67. The van der Waals surface area contributed by atoms with Gasteiger partial charge in [-0.1, -0.05) is 6.92 Å². The monoisotopic (exact) mass is 408 g/mol. The second kappa shape index (κ2) is 13.0. The summed E-state index contributed by atoms with van der Waals surface area (Å²) in [6, 6.07) is 2.10. The average molecular weight is 408 g/mol. The van der Waals surface area contributed by atoms with E-state index < -0.39 is 0 Å². The Morgan fingerprint density at radius 3 is 2.55 bits per heavy atom. The van der Waals surface area contributed by atoms with Crippen molar-refractivity contribution in [1.82, 2.24) is 29.5 Å². The third kappa shape index (κ3) is 8.13. The molecule has 1 amide bonds. The molecular weight excluding hydrogens is 380 g/mol. The molecule has 0 spiro atoms. The van der Waals surface area contributed by atoms with Gasteiger partial charge in [-0.3, -0.25) is 24.0 Å². The fraction of sp³-hybridized carbons (Fsp3) is 0.500. The minimum absolute atomic E-state index is 0.0627. The van der Waals surface area contributed by atoms with Gasteiger partial charge in [0.15, 0.2) is 0 Å². The molecule has 0 unspecified atom stereocenters. The summed E-state index contributed by atoms with van der Waals surface area (Å²) in [5.41, 5.74) is 2.16. The Hall–Kier alpha value is -3.21. The fourth-order valence-corrected chi connectivity index (χ4v) is 2.87. The second-order valence-corrected chi connectivity index (χ2v) is 6.17. The molecule has 0 radical (unpaired) electrons. The zero-order chi connectivity index (χ0) is 21.6. The molecule has 0 aromatic carbocycles. The van der Waals surface area contributed by atoms with Gasteiger partial charge in [-0.15, -0.1) is 0 Å². The largest absolute Gasteiger partial charge is 0.483 e. The highest BCUT2D eigenvalue weighted by molar-refractivity contribution is 5.75. The summed E-state index contributed by atoms with van der Waals surface area (Å²) < 4.78 is 4.13. The van der Waals surface area contributed by atoms with Gasteiger partial charge in [-0.05, 0) is 6.07 Å². The Morgan fingerprint density at radius 2 is 1.97 bits per heavy atom. The first kappa shape index (κ1) is 23.8. The summed E-state index contributed by atoms with van der Waals surface area (Å²) in [6.07, 6.45) is 5.29. The van der Waals surface area contributed by atoms with Crippen LogP contribution in [0.3, 0.4) is 0 Å². The maximum atomic E-state index is 11.3. The summed E-state index contributed by atoms with van der Waals surface area (Å²) in [7, 11) is 2.03. The molecular formula is C18H28N6O5. The molecule has 3 N–H and O–H groups in total. The van der Waals surface area contributed by atoms with Gasteiger partial charge in [0.2, 0.25) is 5.91 Å². The normalized spacial score (nSPS) is 12.5. The molecule has 0 aliphatic carbocycles. The van der Waals surface area contributed by atoms with Crippen molar-refractivity contribution in [2.24, 2.45) is 7.05 Å². The molecule has 0 saturated heterocycles. The summed E-state index contributed by atoms with van der Waals surface area (Å²) in [5.74, 6) is 1.18. The number of nitrogens with one attached hydrogen (secondary N) is 1. The Balaban J connectivity index is 0.000000626. The predicted molar refractivity (Wildman–Crippen MR) is 104 cm³/mol. The number of carbonyl (C=O) groups excluding carboxylic acids is 1. The lowest BCUT2D eigenvalue weighted by Gasteiger charge is -2.27. The van der Waals surface area contributed by atoms with E-state index in [1.807, 2.05) is 26.4 Å². The van der Waals surface area contributed by atoms with Crippen LogP contribution < -0.4 is 5.32 Å². The molecule has 3 heterocycles. The smallest absolute Gasteiger partial charge is 0.290 e. The molecule has 29 heavy (non-hydrogen) atoms. The Labute approximate surface area is 169 Å². The number of amides is 1. The lowest BCUT2D eigenvalue weighted by atomic mass is 10.2. The highest BCUT2D eigenvalue weighted by Gasteiger charge is 2.18. The molecule has 1 aliphatic rings. The van der Waals surface area contributed by atoms with Crippen molar-refractivity contribution < 1.29 is 24.6 Å². The quantitative estimate of drug-likeness (QED) is 0.571. The Bertz CT molecular complexity index is 767. The Kier molecular flexibility index (Phi) is 10.7. The van der Waals surface area contributed by atoms with Crippen molar-refractivity contribution in [2.75, 3.05) is 13.1 Å². The zero-order valence-corrected chi connectivity index (χ0v) is 16.7. The lowest BCUT2D eigenvalue weighted by molar-refractivity contribution is -0.123. The van der Waals surface area contributed by atoms with Crippen molar-refractivity contribution in [1.29, 1.82) is 0 Å². The first-order valence-corrected chi connectivity index (χ1v) is 9.15. The molecule has 2 aromatic rings. The fourth-order valence-electron chi connectivity index (χ4n) is 2.87. The van der Waals surface area contributed by atoms with E-state index in [0.29, 0.717) is 13.0 Å². The average Bonchev–Trinajstić information content (AvgIpc) is 3.30. The van der Waals surface area contributed by atoms with E-state index in [-0.39, 0.29) is 18.9 Å². The zero-order valence-electron chi connectivity index (χ0n) is 16.7. The molecule has 3 rings (SSSR count). The van der Waals surface area contributed by atoms with Crippen LogP contribution in [0.1, 0.15) is 30.6 Å². The summed E-state index contributed by atoms with van der Waals surface area (Å²) in [4.78, 5) is 34.9. The number of nitrogens with zero attached hydrogens (tertiary/aromatic N) is 5. The standard InChI is InChI=1S/C16H24N6O.2CH2O2/c1-3-16(23)18-11-13-10-14-12-21(8-9-22(14)19-13)6-4-15-17-5-7-20(15)2;2*2-1-3/h5,7,10H,3-4,6,8-9,11-12H2,1-2H3,(H,18,23);2*1H,(H,2,3). The summed E-state index contributed by atoms with van der Waals surface area (Å²) in [5, 5.41) is 21.2. The lowest BCUT2D eigenvalue weighted by Crippen LogP contribution is -2.35. The van der Waals surface area contributed by atoms with Crippen molar-refractivity contribution in [2.45, 2.75) is 39.4 Å². The predicted octanol–water partition coefficient (Wildman–Crippen LogP) is 0.103. The molecule has 160 valence electrons. The van der Waals surface area contributed by atoms with Gasteiger partial charge in [0.25, 0.3) is 12.9 Å². The van der Waals surface area contributed by atoms with Crippen LogP contribution in [0.15, 0.2) is 18.5 Å². The van der Waals surface area contributed by atoms with Gasteiger partial charge in [-0.25, -0.2) is 4.98 Å². The van der Waals surface area contributed by atoms with Gasteiger partial charge in [-0.2, -0.15) is 5.10 Å². The second-order valence-electron chi connectivity index (χ2n) is 6.17. The molecule has 2 aromatic heterocycles. The first-order valence-electron chi connectivity index (χ1n) is 9.15. The highest BCUT2D eigenvalue weighted by Crippen LogP contribution is 2.14. The van der Waals surface area contributed by atoms with Crippen LogP contribution in [0.25, 0.3) is 0 Å². The van der Waals surface area contributed by atoms with Gasteiger partial charge >= 0.3 is 0 Å². The van der Waals surface area contributed by atoms with E-state index in [0.717, 1.165) is 44.1 Å². The van der Waals surface area contributed by atoms with E-state index in [2.05, 4.69) is 35.6 Å². The van der Waals surface area contributed by atoms with Crippen LogP contribution in [-0.2, 0) is 47.5 Å². The van der Waals surface area contributed by atoms with E-state index in [1.165, 1.54) is 5.69 Å². The number of imidazole rings is 1. The van der Waals surface area contributed by atoms with Gasteiger partial charge in [0, 0.05) is 51.9 Å².